The molecule has 0 bridgehead atoms. The van der Waals surface area contributed by atoms with Gasteiger partial charge in [-0.1, -0.05) is 25.5 Å². The molecular weight excluding hydrogens is 541 g/mol. The van der Waals surface area contributed by atoms with Crippen molar-refractivity contribution in [3.63, 3.8) is 0 Å². The van der Waals surface area contributed by atoms with Gasteiger partial charge in [0.2, 0.25) is 0 Å². The predicted molar refractivity (Wildman–Crippen MR) is 125 cm³/mol. The Morgan fingerprint density at radius 2 is 1.51 bits per heavy atom. The maximum Gasteiger partial charge on any atom is 0.416 e. The third kappa shape index (κ3) is 7.89. The molecule has 2 aromatic carbocycles. The minimum absolute atomic E-state index is 0.0797. The zero-order valence-corrected chi connectivity index (χ0v) is 20.9. The third-order valence-corrected chi connectivity index (χ3v) is 7.12. The number of halogens is 9. The Morgan fingerprint density at radius 1 is 0.923 bits per heavy atom. The van der Waals surface area contributed by atoms with Gasteiger partial charge in [0, 0.05) is 19.0 Å². The average Bonchev–Trinajstić information content (AvgIpc) is 2.82. The molecule has 1 aliphatic rings. The molecule has 3 rings (SSSR count). The van der Waals surface area contributed by atoms with Crippen molar-refractivity contribution < 1.29 is 49.4 Å². The number of aliphatic carboxylic acids is 1. The number of alkyl halides is 9. The lowest BCUT2D eigenvalue weighted by atomic mass is 9.82. The molecule has 3 atom stereocenters. The average molecular weight is 570 g/mol. The normalized spacial score (nSPS) is 20.2. The Bertz CT molecular complexity index is 1120. The molecule has 0 amide bonds. The van der Waals surface area contributed by atoms with Crippen LogP contribution in [0.3, 0.4) is 0 Å². The van der Waals surface area contributed by atoms with Gasteiger partial charge in [0.05, 0.1) is 16.7 Å². The lowest BCUT2D eigenvalue weighted by Gasteiger charge is -2.41. The molecule has 1 fully saturated rings. The first-order valence-corrected chi connectivity index (χ1v) is 12.4. The number of nitrogens with zero attached hydrogens (tertiary/aromatic N) is 1. The van der Waals surface area contributed by atoms with Gasteiger partial charge in [0.15, 0.2) is 0 Å². The van der Waals surface area contributed by atoms with Gasteiger partial charge in [-0.2, -0.15) is 39.5 Å². The van der Waals surface area contributed by atoms with Crippen molar-refractivity contribution in [2.45, 2.75) is 69.5 Å². The molecular formula is C27H28F9NO2. The van der Waals surface area contributed by atoms with E-state index in [9.17, 15) is 49.4 Å². The topological polar surface area (TPSA) is 40.5 Å². The molecule has 3 nitrogen and oxygen atoms in total. The van der Waals surface area contributed by atoms with Crippen LogP contribution in [0.5, 0.6) is 0 Å². The Morgan fingerprint density at radius 3 is 2.03 bits per heavy atom. The van der Waals surface area contributed by atoms with E-state index in [0.717, 1.165) is 12.1 Å². The standard InChI is InChI=1S/C27H28F9NO2/c1-2-3-18(21-14-20(26(31,32)33)8-9-22(21)27(34,35)36)15-37-11-10-16(13-24(38)39)12-23(37)17-4-6-19(7-5-17)25(28,29)30/h4-9,14,16,18,23H,2-3,10-13,15H2,1H3,(H,38,39)/t16-,18-,23+/m0/s1. The highest BCUT2D eigenvalue weighted by Gasteiger charge is 2.40. The Kier molecular flexibility index (Phi) is 9.29. The summed E-state index contributed by atoms with van der Waals surface area (Å²) in [6.45, 7) is 1.84. The van der Waals surface area contributed by atoms with Crippen LogP contribution in [0.2, 0.25) is 0 Å². The van der Waals surface area contributed by atoms with E-state index in [1.165, 1.54) is 12.1 Å². The summed E-state index contributed by atoms with van der Waals surface area (Å²) in [6, 6.07) is 5.02. The lowest BCUT2D eigenvalue weighted by Crippen LogP contribution is -2.40. The van der Waals surface area contributed by atoms with Gasteiger partial charge in [-0.25, -0.2) is 0 Å². The molecule has 1 heterocycles. The molecule has 0 aliphatic carbocycles. The van der Waals surface area contributed by atoms with E-state index >= 15 is 0 Å². The SMILES string of the molecule is CCC[C@@H](CN1CC[C@H](CC(=O)O)C[C@@H]1c1ccc(C(F)(F)F)cc1)c1cc(C(F)(F)F)ccc1C(F)(F)F. The molecule has 216 valence electrons. The third-order valence-electron chi connectivity index (χ3n) is 7.12. The van der Waals surface area contributed by atoms with Crippen molar-refractivity contribution in [2.24, 2.45) is 5.92 Å². The van der Waals surface area contributed by atoms with Crippen molar-refractivity contribution in [2.75, 3.05) is 13.1 Å². The van der Waals surface area contributed by atoms with Gasteiger partial charge in [-0.15, -0.1) is 0 Å². The minimum atomic E-state index is -4.90. The second-order valence-corrected chi connectivity index (χ2v) is 9.90. The monoisotopic (exact) mass is 569 g/mol. The van der Waals surface area contributed by atoms with Crippen molar-refractivity contribution in [1.29, 1.82) is 0 Å². The number of carbonyl (C=O) groups is 1. The number of likely N-dealkylation sites (tertiary alicyclic amines) is 1. The van der Waals surface area contributed by atoms with Gasteiger partial charge in [0.25, 0.3) is 0 Å². The zero-order valence-electron chi connectivity index (χ0n) is 20.9. The Labute approximate surface area is 219 Å². The number of hydrogen-bond acceptors (Lipinski definition) is 2. The maximum atomic E-state index is 13.9. The number of carboxylic acid groups (broad SMARTS) is 1. The molecule has 0 saturated carbocycles. The van der Waals surface area contributed by atoms with Crippen molar-refractivity contribution in [3.05, 3.63) is 70.3 Å². The van der Waals surface area contributed by atoms with E-state index in [-0.39, 0.29) is 38.3 Å². The van der Waals surface area contributed by atoms with Gasteiger partial charge >= 0.3 is 24.5 Å². The number of benzene rings is 2. The summed E-state index contributed by atoms with van der Waals surface area (Å²) in [5, 5.41) is 9.24. The van der Waals surface area contributed by atoms with Crippen molar-refractivity contribution >= 4 is 5.97 Å². The zero-order chi connectivity index (χ0) is 29.2. The van der Waals surface area contributed by atoms with Crippen LogP contribution in [0.15, 0.2) is 42.5 Å². The summed E-state index contributed by atoms with van der Waals surface area (Å²) in [6.07, 6.45) is -13.4. The number of piperidine rings is 1. The van der Waals surface area contributed by atoms with Gasteiger partial charge in [0.1, 0.15) is 0 Å². The van der Waals surface area contributed by atoms with Crippen LogP contribution >= 0.6 is 0 Å². The fourth-order valence-electron chi connectivity index (χ4n) is 5.29. The van der Waals surface area contributed by atoms with Crippen molar-refractivity contribution in [1.82, 2.24) is 4.90 Å². The Hall–Kier alpha value is -2.76. The quantitative estimate of drug-likeness (QED) is 0.324. The Balaban J connectivity index is 2.02. The van der Waals surface area contributed by atoms with Gasteiger partial charge < -0.3 is 5.11 Å². The molecule has 0 radical (unpaired) electrons. The van der Waals surface area contributed by atoms with Crippen LogP contribution in [0.1, 0.15) is 78.8 Å². The summed E-state index contributed by atoms with van der Waals surface area (Å²) < 4.78 is 121. The largest absolute Gasteiger partial charge is 0.481 e. The first-order valence-electron chi connectivity index (χ1n) is 12.4. The number of rotatable bonds is 8. The molecule has 0 aromatic heterocycles. The minimum Gasteiger partial charge on any atom is -0.481 e. The summed E-state index contributed by atoms with van der Waals surface area (Å²) in [5.74, 6) is -2.33. The summed E-state index contributed by atoms with van der Waals surface area (Å²) >= 11 is 0. The van der Waals surface area contributed by atoms with Crippen LogP contribution in [-0.2, 0) is 23.3 Å². The van der Waals surface area contributed by atoms with Crippen LogP contribution in [-0.4, -0.2) is 29.1 Å². The highest BCUT2D eigenvalue weighted by Crippen LogP contribution is 2.43. The molecule has 1 aliphatic heterocycles. The van der Waals surface area contributed by atoms with Crippen LogP contribution < -0.4 is 0 Å². The van der Waals surface area contributed by atoms with E-state index in [1.807, 2.05) is 0 Å². The van der Waals surface area contributed by atoms with Crippen molar-refractivity contribution in [3.8, 4) is 0 Å². The number of carboxylic acids is 1. The van der Waals surface area contributed by atoms with Crippen LogP contribution in [0.25, 0.3) is 0 Å². The summed E-state index contributed by atoms with van der Waals surface area (Å²) in [7, 11) is 0. The first-order chi connectivity index (χ1) is 18.0. The van der Waals surface area contributed by atoms with Crippen LogP contribution in [0.4, 0.5) is 39.5 Å². The van der Waals surface area contributed by atoms with E-state index < -0.39 is 58.7 Å². The predicted octanol–water partition coefficient (Wildman–Crippen LogP) is 8.55. The molecule has 39 heavy (non-hydrogen) atoms. The van der Waals surface area contributed by atoms with E-state index in [2.05, 4.69) is 0 Å². The summed E-state index contributed by atoms with van der Waals surface area (Å²) in [4.78, 5) is 13.1. The lowest BCUT2D eigenvalue weighted by molar-refractivity contribution is -0.142. The fraction of sp³-hybridized carbons (Fsp3) is 0.519. The van der Waals surface area contributed by atoms with Gasteiger partial charge in [-0.05, 0) is 79.1 Å². The second kappa shape index (κ2) is 11.8. The molecule has 1 saturated heterocycles. The van der Waals surface area contributed by atoms with E-state index in [0.29, 0.717) is 36.6 Å². The second-order valence-electron chi connectivity index (χ2n) is 9.90. The molecule has 2 aromatic rings. The first kappa shape index (κ1) is 30.8. The van der Waals surface area contributed by atoms with Gasteiger partial charge in [-0.3, -0.25) is 9.69 Å². The number of hydrogen-bond donors (Lipinski definition) is 1. The molecule has 0 unspecified atom stereocenters. The molecule has 0 spiro atoms. The smallest absolute Gasteiger partial charge is 0.416 e. The van der Waals surface area contributed by atoms with E-state index in [4.69, 9.17) is 0 Å². The highest BCUT2D eigenvalue weighted by molar-refractivity contribution is 5.67. The highest BCUT2D eigenvalue weighted by atomic mass is 19.4. The fourth-order valence-corrected chi connectivity index (χ4v) is 5.29. The maximum absolute atomic E-state index is 13.9. The molecule has 12 heteroatoms. The molecule has 1 N–H and O–H groups in total. The summed E-state index contributed by atoms with van der Waals surface area (Å²) in [5.41, 5.74) is -3.32. The van der Waals surface area contributed by atoms with Crippen LogP contribution in [0, 0.1) is 5.92 Å². The van der Waals surface area contributed by atoms with E-state index in [1.54, 1.807) is 11.8 Å².